The monoisotopic (exact) mass is 292 g/mol. The van der Waals surface area contributed by atoms with Crippen LogP contribution < -0.4 is 0 Å². The van der Waals surface area contributed by atoms with Gasteiger partial charge in [0, 0.05) is 11.4 Å². The maximum absolute atomic E-state index is 9.84. The van der Waals surface area contributed by atoms with Gasteiger partial charge < -0.3 is 14.9 Å². The molecule has 1 rings (SSSR count). The Balaban J connectivity index is 2.55. The van der Waals surface area contributed by atoms with Crippen molar-refractivity contribution in [1.82, 2.24) is 0 Å². The lowest BCUT2D eigenvalue weighted by atomic mass is 10.1. The lowest BCUT2D eigenvalue weighted by molar-refractivity contribution is -0.0766. The van der Waals surface area contributed by atoms with Gasteiger partial charge in [0.2, 0.25) is 0 Å². The molecule has 1 aliphatic heterocycles. The summed E-state index contributed by atoms with van der Waals surface area (Å²) in [4.78, 5) is 0.319. The van der Waals surface area contributed by atoms with E-state index in [0.29, 0.717) is 11.2 Å². The molecule has 0 saturated heterocycles. The predicted molar refractivity (Wildman–Crippen MR) is 67.8 cm³/mol. The lowest BCUT2D eigenvalue weighted by Crippen LogP contribution is -2.35. The van der Waals surface area contributed by atoms with Crippen molar-refractivity contribution >= 4 is 15.9 Å². The summed E-state index contributed by atoms with van der Waals surface area (Å²) in [5, 5.41) is 18.7. The highest BCUT2D eigenvalue weighted by Gasteiger charge is 2.27. The first-order valence-corrected chi connectivity index (χ1v) is 6.84. The van der Waals surface area contributed by atoms with Crippen molar-refractivity contribution in [1.29, 1.82) is 0 Å². The van der Waals surface area contributed by atoms with Crippen molar-refractivity contribution in [2.24, 2.45) is 0 Å². The molecule has 0 amide bonds. The van der Waals surface area contributed by atoms with Crippen molar-refractivity contribution in [2.75, 3.05) is 6.61 Å². The van der Waals surface area contributed by atoms with E-state index in [1.54, 1.807) is 0 Å². The van der Waals surface area contributed by atoms with Crippen LogP contribution in [0.2, 0.25) is 0 Å². The van der Waals surface area contributed by atoms with Crippen molar-refractivity contribution in [3.8, 4) is 0 Å². The predicted octanol–water partition coefficient (Wildman–Crippen LogP) is 2.01. The van der Waals surface area contributed by atoms with Crippen LogP contribution in [-0.2, 0) is 4.74 Å². The second-order valence-corrected chi connectivity index (χ2v) is 5.34. The van der Waals surface area contributed by atoms with Gasteiger partial charge in [0.05, 0.1) is 18.3 Å². The highest BCUT2D eigenvalue weighted by Crippen LogP contribution is 2.24. The molecule has 0 radical (unpaired) electrons. The van der Waals surface area contributed by atoms with Gasteiger partial charge in [-0.25, -0.2) is 0 Å². The van der Waals surface area contributed by atoms with E-state index in [1.807, 2.05) is 0 Å². The minimum atomic E-state index is -0.577. The first kappa shape index (κ1) is 14.2. The third-order valence-electron chi connectivity index (χ3n) is 2.90. The fraction of sp³-hybridized carbons (Fsp3) is 0.833. The van der Waals surface area contributed by atoms with Crippen LogP contribution in [-0.4, -0.2) is 40.0 Å². The Bertz CT molecular complexity index is 220. The Morgan fingerprint density at radius 3 is 2.56 bits per heavy atom. The Morgan fingerprint density at radius 2 is 2.00 bits per heavy atom. The highest BCUT2D eigenvalue weighted by molar-refractivity contribution is 9.09. The molecule has 4 atom stereocenters. The topological polar surface area (TPSA) is 49.7 Å². The SMILES string of the molecule is CC[C@H](Br)[C@H]1CC=CC[C@H]([C@H](O)CCO)O1. The van der Waals surface area contributed by atoms with Crippen LogP contribution in [0.5, 0.6) is 0 Å². The van der Waals surface area contributed by atoms with Gasteiger partial charge in [0.25, 0.3) is 0 Å². The molecule has 16 heavy (non-hydrogen) atoms. The zero-order chi connectivity index (χ0) is 12.0. The maximum Gasteiger partial charge on any atom is 0.0873 e. The largest absolute Gasteiger partial charge is 0.396 e. The van der Waals surface area contributed by atoms with Gasteiger partial charge in [0.15, 0.2) is 0 Å². The summed E-state index contributed by atoms with van der Waals surface area (Å²) in [5.74, 6) is 0. The smallest absolute Gasteiger partial charge is 0.0873 e. The van der Waals surface area contributed by atoms with Crippen LogP contribution in [0.3, 0.4) is 0 Å². The molecule has 1 heterocycles. The van der Waals surface area contributed by atoms with Crippen LogP contribution in [0.4, 0.5) is 0 Å². The number of ether oxygens (including phenoxy) is 1. The summed E-state index contributed by atoms with van der Waals surface area (Å²) in [5.41, 5.74) is 0. The van der Waals surface area contributed by atoms with Gasteiger partial charge in [-0.1, -0.05) is 35.0 Å². The summed E-state index contributed by atoms with van der Waals surface area (Å²) in [6.07, 6.45) is 6.50. The summed E-state index contributed by atoms with van der Waals surface area (Å²) >= 11 is 3.60. The number of hydrogen-bond donors (Lipinski definition) is 2. The third-order valence-corrected chi connectivity index (χ3v) is 4.14. The van der Waals surface area contributed by atoms with E-state index in [0.717, 1.165) is 19.3 Å². The van der Waals surface area contributed by atoms with E-state index < -0.39 is 6.10 Å². The van der Waals surface area contributed by atoms with Crippen LogP contribution in [0.25, 0.3) is 0 Å². The van der Waals surface area contributed by atoms with Gasteiger partial charge in [-0.15, -0.1) is 0 Å². The van der Waals surface area contributed by atoms with E-state index in [9.17, 15) is 5.11 Å². The lowest BCUT2D eigenvalue weighted by Gasteiger charge is -2.27. The molecule has 0 aromatic rings. The highest BCUT2D eigenvalue weighted by atomic mass is 79.9. The van der Waals surface area contributed by atoms with E-state index in [4.69, 9.17) is 9.84 Å². The van der Waals surface area contributed by atoms with E-state index in [2.05, 4.69) is 35.0 Å². The van der Waals surface area contributed by atoms with Crippen LogP contribution in [0, 0.1) is 0 Å². The van der Waals surface area contributed by atoms with Crippen molar-refractivity contribution in [2.45, 2.75) is 55.7 Å². The Kier molecular flexibility index (Phi) is 6.58. The molecule has 94 valence electrons. The number of aliphatic hydroxyl groups is 2. The average Bonchev–Trinajstić information content (AvgIpc) is 2.54. The van der Waals surface area contributed by atoms with Gasteiger partial charge in [-0.05, 0) is 25.7 Å². The fourth-order valence-corrected chi connectivity index (χ4v) is 2.20. The molecule has 0 aromatic heterocycles. The number of halogens is 1. The van der Waals surface area contributed by atoms with Crippen molar-refractivity contribution < 1.29 is 14.9 Å². The molecule has 0 fully saturated rings. The Morgan fingerprint density at radius 1 is 1.38 bits per heavy atom. The molecule has 0 spiro atoms. The molecule has 3 nitrogen and oxygen atoms in total. The standard InChI is InChI=1S/C12H21BrO3/c1-2-9(13)11-5-3-4-6-12(16-11)10(15)7-8-14/h3-4,9-12,14-15H,2,5-8H2,1H3/t9-,10+,11+,12+/m0/s1. The summed E-state index contributed by atoms with van der Waals surface area (Å²) in [7, 11) is 0. The van der Waals surface area contributed by atoms with E-state index in [-0.39, 0.29) is 18.8 Å². The minimum Gasteiger partial charge on any atom is -0.396 e. The molecule has 4 heteroatoms. The Labute approximate surface area is 106 Å². The van der Waals surface area contributed by atoms with Crippen molar-refractivity contribution in [3.05, 3.63) is 12.2 Å². The Hall–Kier alpha value is 0.1000. The number of aliphatic hydroxyl groups excluding tert-OH is 2. The number of rotatable bonds is 5. The first-order valence-electron chi connectivity index (χ1n) is 5.92. The van der Waals surface area contributed by atoms with Gasteiger partial charge >= 0.3 is 0 Å². The molecule has 2 N–H and O–H groups in total. The molecule has 1 aliphatic rings. The molecule has 0 saturated carbocycles. The average molecular weight is 293 g/mol. The zero-order valence-corrected chi connectivity index (χ0v) is 11.3. The molecule has 0 aliphatic carbocycles. The number of hydrogen-bond acceptors (Lipinski definition) is 3. The number of alkyl halides is 1. The molecule has 0 unspecified atom stereocenters. The van der Waals surface area contributed by atoms with Crippen molar-refractivity contribution in [3.63, 3.8) is 0 Å². The molecular formula is C12H21BrO3. The summed E-state index contributed by atoms with van der Waals surface area (Å²) in [6, 6.07) is 0. The van der Waals surface area contributed by atoms with Crippen LogP contribution in [0.15, 0.2) is 12.2 Å². The van der Waals surface area contributed by atoms with Gasteiger partial charge in [0.1, 0.15) is 0 Å². The van der Waals surface area contributed by atoms with E-state index in [1.165, 1.54) is 0 Å². The minimum absolute atomic E-state index is 0.000919. The fourth-order valence-electron chi connectivity index (χ4n) is 1.86. The first-order chi connectivity index (χ1) is 7.69. The van der Waals surface area contributed by atoms with Gasteiger partial charge in [-0.2, -0.15) is 0 Å². The quantitative estimate of drug-likeness (QED) is 0.602. The molecule has 0 bridgehead atoms. The second kappa shape index (κ2) is 7.43. The summed E-state index contributed by atoms with van der Waals surface area (Å²) in [6.45, 7) is 2.11. The van der Waals surface area contributed by atoms with Crippen LogP contribution in [0.1, 0.15) is 32.6 Å². The molecular weight excluding hydrogens is 272 g/mol. The third kappa shape index (κ3) is 4.17. The zero-order valence-electron chi connectivity index (χ0n) is 9.68. The van der Waals surface area contributed by atoms with Gasteiger partial charge in [-0.3, -0.25) is 0 Å². The normalized spacial score (nSPS) is 29.8. The summed E-state index contributed by atoms with van der Waals surface area (Å²) < 4.78 is 5.91. The maximum atomic E-state index is 9.84. The van der Waals surface area contributed by atoms with E-state index >= 15 is 0 Å². The molecule has 0 aromatic carbocycles. The second-order valence-electron chi connectivity index (χ2n) is 4.16. The van der Waals surface area contributed by atoms with Crippen LogP contribution >= 0.6 is 15.9 Å².